The van der Waals surface area contributed by atoms with Gasteiger partial charge in [-0.25, -0.2) is 0 Å². The summed E-state index contributed by atoms with van der Waals surface area (Å²) in [4.78, 5) is 11.5. The van der Waals surface area contributed by atoms with Crippen LogP contribution in [0.4, 0.5) is 0 Å². The average Bonchev–Trinajstić information content (AvgIpc) is 2.57. The molecule has 1 aliphatic rings. The predicted molar refractivity (Wildman–Crippen MR) is 57.3 cm³/mol. The maximum Gasteiger partial charge on any atom is 0.310 e. The second-order valence-electron chi connectivity index (χ2n) is 4.00. The van der Waals surface area contributed by atoms with E-state index in [1.807, 2.05) is 25.1 Å². The molecule has 2 N–H and O–H groups in total. The minimum Gasteiger partial charge on any atom is -0.469 e. The van der Waals surface area contributed by atoms with E-state index in [-0.39, 0.29) is 17.9 Å². The quantitative estimate of drug-likeness (QED) is 0.704. The summed E-state index contributed by atoms with van der Waals surface area (Å²) in [5, 5.41) is 0. The molecule has 0 aliphatic heterocycles. The molecule has 0 bridgehead atoms. The van der Waals surface area contributed by atoms with Gasteiger partial charge in [0.1, 0.15) is 0 Å². The van der Waals surface area contributed by atoms with Gasteiger partial charge in [-0.05, 0) is 30.0 Å². The minimum absolute atomic E-state index is 0.210. The molecule has 15 heavy (non-hydrogen) atoms. The van der Waals surface area contributed by atoms with Gasteiger partial charge in [0.2, 0.25) is 0 Å². The normalized spacial score (nSPS) is 23.7. The van der Waals surface area contributed by atoms with Crippen LogP contribution < -0.4 is 5.73 Å². The van der Waals surface area contributed by atoms with E-state index in [0.29, 0.717) is 6.42 Å². The number of carbonyl (C=O) groups excluding carboxylic acids is 1. The fourth-order valence-electron chi connectivity index (χ4n) is 2.26. The van der Waals surface area contributed by atoms with Crippen LogP contribution >= 0.6 is 0 Å². The highest BCUT2D eigenvalue weighted by molar-refractivity contribution is 5.75. The SMILES string of the molecule is COC(=O)[C@@H]1Cc2c(C)cccc2[C@H]1N. The highest BCUT2D eigenvalue weighted by atomic mass is 16.5. The predicted octanol–water partition coefficient (Wildman–Crippen LogP) is 1.34. The van der Waals surface area contributed by atoms with E-state index < -0.39 is 0 Å². The smallest absolute Gasteiger partial charge is 0.310 e. The van der Waals surface area contributed by atoms with E-state index in [1.54, 1.807) is 0 Å². The van der Waals surface area contributed by atoms with Gasteiger partial charge in [0.05, 0.1) is 13.0 Å². The zero-order chi connectivity index (χ0) is 11.0. The third-order valence-corrected chi connectivity index (χ3v) is 3.17. The minimum atomic E-state index is -0.217. The molecule has 1 aromatic carbocycles. The van der Waals surface area contributed by atoms with Crippen molar-refractivity contribution in [2.24, 2.45) is 11.7 Å². The summed E-state index contributed by atoms with van der Waals surface area (Å²) < 4.78 is 4.76. The van der Waals surface area contributed by atoms with Crippen molar-refractivity contribution in [1.29, 1.82) is 0 Å². The Morgan fingerprint density at radius 2 is 2.27 bits per heavy atom. The van der Waals surface area contributed by atoms with E-state index in [2.05, 4.69) is 0 Å². The Kier molecular flexibility index (Phi) is 2.49. The Bertz CT molecular complexity index is 401. The number of esters is 1. The fourth-order valence-corrected chi connectivity index (χ4v) is 2.26. The van der Waals surface area contributed by atoms with Gasteiger partial charge in [-0.2, -0.15) is 0 Å². The molecule has 0 spiro atoms. The Balaban J connectivity index is 2.37. The van der Waals surface area contributed by atoms with Crippen molar-refractivity contribution in [3.63, 3.8) is 0 Å². The van der Waals surface area contributed by atoms with E-state index in [4.69, 9.17) is 10.5 Å². The second-order valence-corrected chi connectivity index (χ2v) is 4.00. The van der Waals surface area contributed by atoms with Crippen molar-refractivity contribution in [1.82, 2.24) is 0 Å². The molecule has 0 amide bonds. The van der Waals surface area contributed by atoms with E-state index in [0.717, 1.165) is 5.56 Å². The standard InChI is InChI=1S/C12H15NO2/c1-7-4-3-5-8-9(7)6-10(11(8)13)12(14)15-2/h3-5,10-11H,6,13H2,1-2H3/t10-,11-/m1/s1. The molecule has 80 valence electrons. The topological polar surface area (TPSA) is 52.3 Å². The van der Waals surface area contributed by atoms with Gasteiger partial charge >= 0.3 is 5.97 Å². The third kappa shape index (κ3) is 1.53. The van der Waals surface area contributed by atoms with Gasteiger partial charge in [0, 0.05) is 6.04 Å². The maximum absolute atomic E-state index is 11.5. The van der Waals surface area contributed by atoms with Crippen molar-refractivity contribution in [3.05, 3.63) is 34.9 Å². The molecule has 3 heteroatoms. The molecule has 0 saturated carbocycles. The van der Waals surface area contributed by atoms with Crippen LogP contribution in [0.1, 0.15) is 22.7 Å². The van der Waals surface area contributed by atoms with Crippen molar-refractivity contribution >= 4 is 5.97 Å². The lowest BCUT2D eigenvalue weighted by Crippen LogP contribution is -2.25. The number of nitrogens with two attached hydrogens (primary N) is 1. The van der Waals surface area contributed by atoms with Crippen LogP contribution in [0.3, 0.4) is 0 Å². The summed E-state index contributed by atoms with van der Waals surface area (Å²) >= 11 is 0. The molecule has 0 unspecified atom stereocenters. The van der Waals surface area contributed by atoms with Crippen LogP contribution in [0.5, 0.6) is 0 Å². The van der Waals surface area contributed by atoms with Crippen LogP contribution in [-0.4, -0.2) is 13.1 Å². The molecule has 2 atom stereocenters. The summed E-state index contributed by atoms with van der Waals surface area (Å²) in [6.45, 7) is 2.05. The monoisotopic (exact) mass is 205 g/mol. The fraction of sp³-hybridized carbons (Fsp3) is 0.417. The van der Waals surface area contributed by atoms with Crippen molar-refractivity contribution in [2.75, 3.05) is 7.11 Å². The zero-order valence-electron chi connectivity index (χ0n) is 8.99. The van der Waals surface area contributed by atoms with Gasteiger partial charge in [-0.1, -0.05) is 18.2 Å². The lowest BCUT2D eigenvalue weighted by atomic mass is 10.0. The molecule has 0 aromatic heterocycles. The Hall–Kier alpha value is -1.35. The van der Waals surface area contributed by atoms with E-state index in [9.17, 15) is 4.79 Å². The van der Waals surface area contributed by atoms with Gasteiger partial charge in [0.25, 0.3) is 0 Å². The first-order valence-electron chi connectivity index (χ1n) is 5.07. The molecular formula is C12H15NO2. The Labute approximate surface area is 89.2 Å². The number of methoxy groups -OCH3 is 1. The molecule has 2 rings (SSSR count). The number of fused-ring (bicyclic) bond motifs is 1. The first-order valence-corrected chi connectivity index (χ1v) is 5.07. The number of carbonyl (C=O) groups is 1. The summed E-state index contributed by atoms with van der Waals surface area (Å²) in [6, 6.07) is 5.81. The lowest BCUT2D eigenvalue weighted by molar-refractivity contribution is -0.145. The number of hydrogen-bond donors (Lipinski definition) is 1. The Morgan fingerprint density at radius 1 is 1.53 bits per heavy atom. The highest BCUT2D eigenvalue weighted by Gasteiger charge is 2.36. The first-order chi connectivity index (χ1) is 7.15. The first kappa shape index (κ1) is 10.2. The van der Waals surface area contributed by atoms with Gasteiger partial charge in [-0.3, -0.25) is 4.79 Å². The van der Waals surface area contributed by atoms with Crippen LogP contribution in [-0.2, 0) is 16.0 Å². The molecule has 0 radical (unpaired) electrons. The molecule has 1 aromatic rings. The van der Waals surface area contributed by atoms with E-state index in [1.165, 1.54) is 18.2 Å². The summed E-state index contributed by atoms with van der Waals surface area (Å²) in [7, 11) is 1.41. The summed E-state index contributed by atoms with van der Waals surface area (Å²) in [5.41, 5.74) is 9.54. The van der Waals surface area contributed by atoms with Gasteiger partial charge in [-0.15, -0.1) is 0 Å². The lowest BCUT2D eigenvalue weighted by Gasteiger charge is -2.12. The van der Waals surface area contributed by atoms with Crippen molar-refractivity contribution in [3.8, 4) is 0 Å². The van der Waals surface area contributed by atoms with Crippen LogP contribution in [0, 0.1) is 12.8 Å². The van der Waals surface area contributed by atoms with Crippen molar-refractivity contribution < 1.29 is 9.53 Å². The van der Waals surface area contributed by atoms with Crippen LogP contribution in [0.25, 0.3) is 0 Å². The van der Waals surface area contributed by atoms with E-state index >= 15 is 0 Å². The average molecular weight is 205 g/mol. The third-order valence-electron chi connectivity index (χ3n) is 3.17. The molecule has 0 heterocycles. The second kappa shape index (κ2) is 3.66. The molecule has 3 nitrogen and oxygen atoms in total. The number of benzene rings is 1. The van der Waals surface area contributed by atoms with Crippen molar-refractivity contribution in [2.45, 2.75) is 19.4 Å². The largest absolute Gasteiger partial charge is 0.469 e. The summed E-state index contributed by atoms with van der Waals surface area (Å²) in [5.74, 6) is -0.427. The van der Waals surface area contributed by atoms with Gasteiger partial charge < -0.3 is 10.5 Å². The van der Waals surface area contributed by atoms with Crippen LogP contribution in [0.2, 0.25) is 0 Å². The number of hydrogen-bond acceptors (Lipinski definition) is 3. The summed E-state index contributed by atoms with van der Waals surface area (Å²) in [6.07, 6.45) is 0.704. The Morgan fingerprint density at radius 3 is 2.87 bits per heavy atom. The zero-order valence-corrected chi connectivity index (χ0v) is 8.99. The highest BCUT2D eigenvalue weighted by Crippen LogP contribution is 2.36. The molecule has 0 saturated heterocycles. The van der Waals surface area contributed by atoms with Crippen LogP contribution in [0.15, 0.2) is 18.2 Å². The van der Waals surface area contributed by atoms with Gasteiger partial charge in [0.15, 0.2) is 0 Å². The number of ether oxygens (including phenoxy) is 1. The maximum atomic E-state index is 11.5. The molecule has 1 aliphatic carbocycles. The number of aryl methyl sites for hydroxylation is 1. The number of rotatable bonds is 1. The molecular weight excluding hydrogens is 190 g/mol. The molecule has 0 fully saturated rings.